The van der Waals surface area contributed by atoms with E-state index in [1.54, 1.807) is 20.9 Å². The van der Waals surface area contributed by atoms with E-state index in [-0.39, 0.29) is 30.7 Å². The molecule has 0 fully saturated rings. The SMILES string of the molecule is CC(C)C(NC(=O)c1cc(CNC(=O)OCC2c3ccccc3-c3ccccc32)nn1C)C(=O)O. The molecule has 1 unspecified atom stereocenters. The Labute approximate surface area is 203 Å². The van der Waals surface area contributed by atoms with Gasteiger partial charge in [0.05, 0.1) is 12.2 Å². The molecule has 0 spiro atoms. The number of aryl methyl sites for hydroxylation is 1. The zero-order valence-corrected chi connectivity index (χ0v) is 19.8. The number of aromatic nitrogens is 2. The number of ether oxygens (including phenoxy) is 1. The van der Waals surface area contributed by atoms with Gasteiger partial charge < -0.3 is 20.5 Å². The summed E-state index contributed by atoms with van der Waals surface area (Å²) in [4.78, 5) is 36.3. The zero-order valence-electron chi connectivity index (χ0n) is 19.8. The molecule has 182 valence electrons. The third-order valence-electron chi connectivity index (χ3n) is 6.14. The minimum Gasteiger partial charge on any atom is -0.480 e. The van der Waals surface area contributed by atoms with Crippen molar-refractivity contribution in [1.82, 2.24) is 20.4 Å². The number of hydrogen-bond acceptors (Lipinski definition) is 5. The van der Waals surface area contributed by atoms with Crippen molar-refractivity contribution < 1.29 is 24.2 Å². The molecular formula is C26H28N4O5. The molecule has 1 atom stereocenters. The van der Waals surface area contributed by atoms with Crippen LogP contribution in [0.3, 0.4) is 0 Å². The largest absolute Gasteiger partial charge is 0.480 e. The smallest absolute Gasteiger partial charge is 0.407 e. The molecule has 9 heteroatoms. The van der Waals surface area contributed by atoms with Crippen molar-refractivity contribution in [2.45, 2.75) is 32.4 Å². The molecule has 2 aromatic carbocycles. The number of carbonyl (C=O) groups excluding carboxylic acids is 2. The van der Waals surface area contributed by atoms with E-state index in [1.165, 1.54) is 10.7 Å². The Morgan fingerprint density at radius 2 is 1.66 bits per heavy atom. The minimum absolute atomic E-state index is 0.0403. The fourth-order valence-electron chi connectivity index (χ4n) is 4.37. The number of fused-ring (bicyclic) bond motifs is 3. The van der Waals surface area contributed by atoms with E-state index in [1.807, 2.05) is 24.3 Å². The molecule has 35 heavy (non-hydrogen) atoms. The van der Waals surface area contributed by atoms with E-state index < -0.39 is 24.0 Å². The lowest BCUT2D eigenvalue weighted by molar-refractivity contribution is -0.140. The van der Waals surface area contributed by atoms with Crippen molar-refractivity contribution in [2.75, 3.05) is 6.61 Å². The Morgan fingerprint density at radius 1 is 1.06 bits per heavy atom. The third-order valence-corrected chi connectivity index (χ3v) is 6.14. The molecule has 0 saturated carbocycles. The highest BCUT2D eigenvalue weighted by Gasteiger charge is 2.29. The van der Waals surface area contributed by atoms with Crippen molar-refractivity contribution in [3.05, 3.63) is 77.1 Å². The number of carbonyl (C=O) groups is 3. The summed E-state index contributed by atoms with van der Waals surface area (Å²) in [5, 5.41) is 18.7. The number of hydrogen-bond donors (Lipinski definition) is 3. The first kappa shape index (κ1) is 24.0. The lowest BCUT2D eigenvalue weighted by atomic mass is 9.98. The standard InChI is InChI=1S/C26H28N4O5/c1-15(2)23(25(32)33)28-24(31)22-12-16(29-30(22)3)13-27-26(34)35-14-21-19-10-6-4-8-17(19)18-9-5-7-11-20(18)21/h4-12,15,21,23H,13-14H2,1-3H3,(H,27,34)(H,28,31)(H,32,33). The number of rotatable bonds is 8. The first-order valence-corrected chi connectivity index (χ1v) is 11.4. The minimum atomic E-state index is -1.10. The van der Waals surface area contributed by atoms with Crippen molar-refractivity contribution in [3.63, 3.8) is 0 Å². The van der Waals surface area contributed by atoms with Crippen LogP contribution < -0.4 is 10.6 Å². The van der Waals surface area contributed by atoms with Crippen LogP contribution in [0, 0.1) is 5.92 Å². The fourth-order valence-corrected chi connectivity index (χ4v) is 4.37. The van der Waals surface area contributed by atoms with Crippen LogP contribution in [0.4, 0.5) is 4.79 Å². The summed E-state index contributed by atoms with van der Waals surface area (Å²) < 4.78 is 6.87. The van der Waals surface area contributed by atoms with Gasteiger partial charge in [-0.05, 0) is 34.2 Å². The van der Waals surface area contributed by atoms with Crippen LogP contribution in [-0.4, -0.2) is 45.5 Å². The van der Waals surface area contributed by atoms with Gasteiger partial charge in [0.15, 0.2) is 0 Å². The summed E-state index contributed by atoms with van der Waals surface area (Å²) in [5.74, 6) is -1.97. The number of aliphatic carboxylic acids is 1. The van der Waals surface area contributed by atoms with E-state index in [4.69, 9.17) is 4.74 Å². The van der Waals surface area contributed by atoms with Gasteiger partial charge in [0.25, 0.3) is 5.91 Å². The number of carboxylic acids is 1. The Hall–Kier alpha value is -4.14. The van der Waals surface area contributed by atoms with E-state index in [0.717, 1.165) is 22.3 Å². The van der Waals surface area contributed by atoms with Gasteiger partial charge in [-0.25, -0.2) is 9.59 Å². The molecule has 1 heterocycles. The third kappa shape index (κ3) is 5.03. The van der Waals surface area contributed by atoms with Crippen LogP contribution in [0.5, 0.6) is 0 Å². The second kappa shape index (κ2) is 10.0. The van der Waals surface area contributed by atoms with E-state index >= 15 is 0 Å². The van der Waals surface area contributed by atoms with Gasteiger partial charge >= 0.3 is 12.1 Å². The van der Waals surface area contributed by atoms with Crippen LogP contribution >= 0.6 is 0 Å². The maximum atomic E-state index is 12.5. The van der Waals surface area contributed by atoms with E-state index in [2.05, 4.69) is 40.0 Å². The van der Waals surface area contributed by atoms with Crippen molar-refractivity contribution >= 4 is 18.0 Å². The van der Waals surface area contributed by atoms with Gasteiger partial charge in [0, 0.05) is 13.0 Å². The van der Waals surface area contributed by atoms with Gasteiger partial charge in [-0.3, -0.25) is 9.48 Å². The monoisotopic (exact) mass is 476 g/mol. The average Bonchev–Trinajstić information content (AvgIpc) is 3.37. The normalized spacial score (nSPS) is 13.1. The Balaban J connectivity index is 1.35. The van der Waals surface area contributed by atoms with Gasteiger partial charge in [-0.1, -0.05) is 62.4 Å². The molecule has 0 aliphatic heterocycles. The molecule has 0 saturated heterocycles. The quantitative estimate of drug-likeness (QED) is 0.459. The molecule has 1 aliphatic rings. The predicted octanol–water partition coefficient (Wildman–Crippen LogP) is 3.30. The zero-order chi connectivity index (χ0) is 25.1. The second-order valence-electron chi connectivity index (χ2n) is 8.86. The number of nitrogens with zero attached hydrogens (tertiary/aromatic N) is 2. The van der Waals surface area contributed by atoms with Crippen LogP contribution in [0.2, 0.25) is 0 Å². The van der Waals surface area contributed by atoms with E-state index in [9.17, 15) is 19.5 Å². The van der Waals surface area contributed by atoms with Crippen molar-refractivity contribution in [1.29, 1.82) is 0 Å². The van der Waals surface area contributed by atoms with Crippen LogP contribution in [0.1, 0.15) is 47.1 Å². The Kier molecular flexibility index (Phi) is 6.86. The fraction of sp³-hybridized carbons (Fsp3) is 0.308. The average molecular weight is 477 g/mol. The number of carboxylic acid groups (broad SMARTS) is 1. The molecule has 0 bridgehead atoms. The van der Waals surface area contributed by atoms with Gasteiger partial charge in [0.1, 0.15) is 18.3 Å². The predicted molar refractivity (Wildman–Crippen MR) is 129 cm³/mol. The molecule has 0 radical (unpaired) electrons. The molecule has 4 rings (SSSR count). The lowest BCUT2D eigenvalue weighted by Crippen LogP contribution is -2.44. The van der Waals surface area contributed by atoms with Gasteiger partial charge in [0.2, 0.25) is 0 Å². The molecular weight excluding hydrogens is 448 g/mol. The number of nitrogens with one attached hydrogen (secondary N) is 2. The molecule has 3 N–H and O–H groups in total. The van der Waals surface area contributed by atoms with Crippen LogP contribution in [-0.2, 0) is 23.1 Å². The molecule has 3 aromatic rings. The highest BCUT2D eigenvalue weighted by atomic mass is 16.5. The Bertz CT molecular complexity index is 1220. The topological polar surface area (TPSA) is 123 Å². The van der Waals surface area contributed by atoms with Crippen LogP contribution in [0.15, 0.2) is 54.6 Å². The van der Waals surface area contributed by atoms with E-state index in [0.29, 0.717) is 5.69 Å². The summed E-state index contributed by atoms with van der Waals surface area (Å²) >= 11 is 0. The summed E-state index contributed by atoms with van der Waals surface area (Å²) in [7, 11) is 1.58. The summed E-state index contributed by atoms with van der Waals surface area (Å²) in [6.07, 6.45) is -0.589. The second-order valence-corrected chi connectivity index (χ2v) is 8.86. The maximum Gasteiger partial charge on any atom is 0.407 e. The molecule has 1 aliphatic carbocycles. The van der Waals surface area contributed by atoms with Gasteiger partial charge in [-0.2, -0.15) is 5.10 Å². The van der Waals surface area contributed by atoms with Gasteiger partial charge in [-0.15, -0.1) is 0 Å². The first-order chi connectivity index (χ1) is 16.8. The molecule has 9 nitrogen and oxygen atoms in total. The number of benzene rings is 2. The van der Waals surface area contributed by atoms with Crippen LogP contribution in [0.25, 0.3) is 11.1 Å². The molecule has 1 aromatic heterocycles. The summed E-state index contributed by atoms with van der Waals surface area (Å²) in [5.41, 5.74) is 5.20. The highest BCUT2D eigenvalue weighted by molar-refractivity contribution is 5.95. The molecule has 2 amide bonds. The number of amides is 2. The Morgan fingerprint density at radius 3 is 2.23 bits per heavy atom. The summed E-state index contributed by atoms with van der Waals surface area (Å²) in [6, 6.07) is 16.7. The first-order valence-electron chi connectivity index (χ1n) is 11.4. The highest BCUT2D eigenvalue weighted by Crippen LogP contribution is 2.44. The van der Waals surface area contributed by atoms with Crippen molar-refractivity contribution in [2.24, 2.45) is 13.0 Å². The maximum absolute atomic E-state index is 12.5. The lowest BCUT2D eigenvalue weighted by Gasteiger charge is -2.17. The van der Waals surface area contributed by atoms with Crippen molar-refractivity contribution in [3.8, 4) is 11.1 Å². The summed E-state index contributed by atoms with van der Waals surface area (Å²) in [6.45, 7) is 3.68. The number of alkyl carbamates (subject to hydrolysis) is 1.